The number of fused-ring (bicyclic) bond motifs is 1. The van der Waals surface area contributed by atoms with E-state index in [1.165, 1.54) is 32.1 Å². The van der Waals surface area contributed by atoms with Crippen LogP contribution in [0, 0.1) is 11.8 Å². The van der Waals surface area contributed by atoms with Crippen LogP contribution >= 0.6 is 0 Å². The van der Waals surface area contributed by atoms with E-state index in [0.29, 0.717) is 30.0 Å². The fraction of sp³-hybridized carbons (Fsp3) is 0.724. The number of hydrogen-bond acceptors (Lipinski definition) is 6. The highest BCUT2D eigenvalue weighted by Gasteiger charge is 2.34. The van der Waals surface area contributed by atoms with Crippen molar-refractivity contribution < 1.29 is 19.4 Å². The van der Waals surface area contributed by atoms with Gasteiger partial charge in [-0.05, 0) is 78.0 Å². The molecule has 1 heterocycles. The van der Waals surface area contributed by atoms with Crippen molar-refractivity contribution in [2.45, 2.75) is 70.9 Å². The lowest BCUT2D eigenvalue weighted by Crippen LogP contribution is -2.50. The minimum Gasteiger partial charge on any atom is -0.488 e. The van der Waals surface area contributed by atoms with Crippen LogP contribution in [0.1, 0.15) is 69.2 Å². The number of aliphatic hydroxyl groups is 1. The van der Waals surface area contributed by atoms with E-state index in [9.17, 15) is 14.7 Å². The van der Waals surface area contributed by atoms with Crippen LogP contribution in [-0.4, -0.2) is 97.7 Å². The molecule has 2 aliphatic rings. The normalized spacial score (nSPS) is 21.8. The molecule has 0 bridgehead atoms. The summed E-state index contributed by atoms with van der Waals surface area (Å²) in [6, 6.07) is 5.02. The first-order valence-electron chi connectivity index (χ1n) is 14.0. The van der Waals surface area contributed by atoms with Gasteiger partial charge in [0, 0.05) is 37.7 Å². The number of rotatable bonds is 11. The van der Waals surface area contributed by atoms with Crippen molar-refractivity contribution in [2.24, 2.45) is 11.8 Å². The van der Waals surface area contributed by atoms with Gasteiger partial charge in [-0.2, -0.15) is 0 Å². The van der Waals surface area contributed by atoms with Crippen molar-refractivity contribution in [3.8, 4) is 5.75 Å². The highest BCUT2D eigenvalue weighted by atomic mass is 16.5. The van der Waals surface area contributed by atoms with Crippen LogP contribution in [0.15, 0.2) is 18.2 Å². The highest BCUT2D eigenvalue weighted by Crippen LogP contribution is 2.31. The summed E-state index contributed by atoms with van der Waals surface area (Å²) >= 11 is 0. The molecule has 2 N–H and O–H groups in total. The Kier molecular flexibility index (Phi) is 11.2. The van der Waals surface area contributed by atoms with Gasteiger partial charge in [-0.25, -0.2) is 0 Å². The van der Waals surface area contributed by atoms with Gasteiger partial charge in [-0.15, -0.1) is 0 Å². The lowest BCUT2D eigenvalue weighted by molar-refractivity contribution is -0.116. The quantitative estimate of drug-likeness (QED) is 0.467. The largest absolute Gasteiger partial charge is 0.488 e. The fourth-order valence-electron chi connectivity index (χ4n) is 5.49. The standard InChI is InChI=1S/C29H48N4O4/c1-21-17-33(22(2)20-34)29(36)25-16-24(30-28(35)12-9-15-31(3)4)13-14-26(25)37-27(21)19-32(5)18-23-10-7-6-8-11-23/h13-14,16,21-23,27,34H,6-12,15,17-20H2,1-5H3,(H,30,35)/t21-,22+,27+/m0/s1. The van der Waals surface area contributed by atoms with Crippen LogP contribution in [0.2, 0.25) is 0 Å². The van der Waals surface area contributed by atoms with E-state index in [0.717, 1.165) is 32.0 Å². The minimum atomic E-state index is -0.314. The minimum absolute atomic E-state index is 0.0718. The molecule has 1 aliphatic heterocycles. The molecule has 0 aromatic heterocycles. The Morgan fingerprint density at radius 3 is 2.59 bits per heavy atom. The molecule has 1 fully saturated rings. The van der Waals surface area contributed by atoms with Crippen molar-refractivity contribution in [3.05, 3.63) is 23.8 Å². The first-order valence-corrected chi connectivity index (χ1v) is 14.0. The molecule has 208 valence electrons. The molecule has 3 rings (SSSR count). The van der Waals surface area contributed by atoms with Crippen LogP contribution in [0.4, 0.5) is 5.69 Å². The molecular formula is C29H48N4O4. The third-order valence-electron chi connectivity index (χ3n) is 7.74. The Balaban J connectivity index is 1.78. The van der Waals surface area contributed by atoms with Crippen molar-refractivity contribution in [1.29, 1.82) is 0 Å². The molecule has 0 unspecified atom stereocenters. The van der Waals surface area contributed by atoms with Crippen LogP contribution in [0.3, 0.4) is 0 Å². The molecule has 0 spiro atoms. The van der Waals surface area contributed by atoms with E-state index in [4.69, 9.17) is 4.74 Å². The van der Waals surface area contributed by atoms with Gasteiger partial charge in [0.25, 0.3) is 5.91 Å². The van der Waals surface area contributed by atoms with Crippen LogP contribution in [0.5, 0.6) is 5.75 Å². The number of aliphatic hydroxyl groups excluding tert-OH is 1. The number of amides is 2. The zero-order valence-electron chi connectivity index (χ0n) is 23.5. The van der Waals surface area contributed by atoms with Crippen molar-refractivity contribution in [1.82, 2.24) is 14.7 Å². The number of likely N-dealkylation sites (N-methyl/N-ethyl adjacent to an activating group) is 1. The van der Waals surface area contributed by atoms with E-state index in [2.05, 4.69) is 29.1 Å². The van der Waals surface area contributed by atoms with Gasteiger partial charge in [0.2, 0.25) is 5.91 Å². The lowest BCUT2D eigenvalue weighted by atomic mass is 9.89. The summed E-state index contributed by atoms with van der Waals surface area (Å²) in [5.41, 5.74) is 1.01. The first kappa shape index (κ1) is 29.4. The number of nitrogens with one attached hydrogen (secondary N) is 1. The molecule has 0 radical (unpaired) electrons. The second-order valence-electron chi connectivity index (χ2n) is 11.5. The number of nitrogens with zero attached hydrogens (tertiary/aromatic N) is 3. The van der Waals surface area contributed by atoms with Crippen molar-refractivity contribution in [3.63, 3.8) is 0 Å². The maximum absolute atomic E-state index is 13.6. The molecule has 8 heteroatoms. The van der Waals surface area contributed by atoms with Gasteiger partial charge in [-0.3, -0.25) is 9.59 Å². The Labute approximate surface area is 223 Å². The smallest absolute Gasteiger partial charge is 0.258 e. The van der Waals surface area contributed by atoms with Gasteiger partial charge >= 0.3 is 0 Å². The second-order valence-corrected chi connectivity index (χ2v) is 11.5. The Hall–Kier alpha value is -2.16. The van der Waals surface area contributed by atoms with E-state index in [-0.39, 0.29) is 36.5 Å². The summed E-state index contributed by atoms with van der Waals surface area (Å²) < 4.78 is 6.52. The SMILES string of the molecule is C[C@H](CO)N1C[C@H](C)[C@@H](CN(C)CC2CCCCC2)Oc2ccc(NC(=O)CCCN(C)C)cc2C1=O. The maximum Gasteiger partial charge on any atom is 0.258 e. The lowest BCUT2D eigenvalue weighted by Gasteiger charge is -2.38. The predicted molar refractivity (Wildman–Crippen MR) is 148 cm³/mol. The summed E-state index contributed by atoms with van der Waals surface area (Å²) in [4.78, 5) is 32.3. The second kappa shape index (κ2) is 14.1. The molecule has 0 saturated heterocycles. The van der Waals surface area contributed by atoms with E-state index in [1.807, 2.05) is 27.1 Å². The Bertz CT molecular complexity index is 887. The summed E-state index contributed by atoms with van der Waals surface area (Å²) in [5.74, 6) is 1.12. The zero-order chi connectivity index (χ0) is 26.9. The molecule has 1 aromatic carbocycles. The molecule has 8 nitrogen and oxygen atoms in total. The molecular weight excluding hydrogens is 468 g/mol. The molecule has 1 aromatic rings. The third-order valence-corrected chi connectivity index (χ3v) is 7.74. The number of anilines is 1. The predicted octanol–water partition coefficient (Wildman–Crippen LogP) is 3.70. The summed E-state index contributed by atoms with van der Waals surface area (Å²) in [6.07, 6.45) is 7.69. The van der Waals surface area contributed by atoms with E-state index in [1.54, 1.807) is 17.0 Å². The van der Waals surface area contributed by atoms with Gasteiger partial charge in [0.05, 0.1) is 18.2 Å². The first-order chi connectivity index (χ1) is 17.7. The number of carbonyl (C=O) groups is 2. The Morgan fingerprint density at radius 2 is 1.92 bits per heavy atom. The average molecular weight is 517 g/mol. The van der Waals surface area contributed by atoms with E-state index >= 15 is 0 Å². The van der Waals surface area contributed by atoms with Gasteiger partial charge in [0.1, 0.15) is 11.9 Å². The summed E-state index contributed by atoms with van der Waals surface area (Å²) in [5, 5.41) is 12.8. The zero-order valence-corrected chi connectivity index (χ0v) is 23.5. The number of carbonyl (C=O) groups excluding carboxylic acids is 2. The highest BCUT2D eigenvalue weighted by molar-refractivity contribution is 5.99. The number of ether oxygens (including phenoxy) is 1. The van der Waals surface area contributed by atoms with Crippen LogP contribution < -0.4 is 10.1 Å². The topological polar surface area (TPSA) is 85.3 Å². The maximum atomic E-state index is 13.6. The van der Waals surface area contributed by atoms with Gasteiger partial charge < -0.3 is 29.9 Å². The molecule has 37 heavy (non-hydrogen) atoms. The summed E-state index contributed by atoms with van der Waals surface area (Å²) in [7, 11) is 6.14. The number of benzene rings is 1. The molecule has 1 saturated carbocycles. The van der Waals surface area contributed by atoms with Gasteiger partial charge in [0.15, 0.2) is 0 Å². The summed E-state index contributed by atoms with van der Waals surface area (Å²) in [6.45, 7) is 7.06. The average Bonchev–Trinajstić information content (AvgIpc) is 2.86. The van der Waals surface area contributed by atoms with E-state index < -0.39 is 0 Å². The monoisotopic (exact) mass is 516 g/mol. The van der Waals surface area contributed by atoms with Crippen LogP contribution in [0.25, 0.3) is 0 Å². The molecule has 3 atom stereocenters. The van der Waals surface area contributed by atoms with Gasteiger partial charge in [-0.1, -0.05) is 26.2 Å². The van der Waals surface area contributed by atoms with Crippen molar-refractivity contribution in [2.75, 3.05) is 59.2 Å². The Morgan fingerprint density at radius 1 is 1.19 bits per heavy atom. The van der Waals surface area contributed by atoms with Crippen molar-refractivity contribution >= 4 is 17.5 Å². The fourth-order valence-corrected chi connectivity index (χ4v) is 5.49. The third kappa shape index (κ3) is 8.69. The molecule has 2 amide bonds. The number of hydrogen-bond donors (Lipinski definition) is 2. The molecule has 1 aliphatic carbocycles. The van der Waals surface area contributed by atoms with Crippen LogP contribution in [-0.2, 0) is 4.79 Å².